The normalized spacial score (nSPS) is 12.6. The molecule has 1 N–H and O–H groups in total. The second kappa shape index (κ2) is 5.68. The molecule has 0 saturated heterocycles. The summed E-state index contributed by atoms with van der Waals surface area (Å²) < 4.78 is 17.9. The quantitative estimate of drug-likeness (QED) is 0.876. The highest BCUT2D eigenvalue weighted by atomic mass is 19.1. The molecule has 0 spiro atoms. The molecule has 0 saturated carbocycles. The summed E-state index contributed by atoms with van der Waals surface area (Å²) in [6.45, 7) is 4.98. The van der Waals surface area contributed by atoms with Gasteiger partial charge in [0.2, 0.25) is 11.7 Å². The zero-order valence-corrected chi connectivity index (χ0v) is 10.4. The molecule has 2 rings (SSSR count). The first-order valence-corrected chi connectivity index (χ1v) is 5.87. The Morgan fingerprint density at radius 2 is 2.28 bits per heavy atom. The van der Waals surface area contributed by atoms with E-state index in [1.165, 1.54) is 12.1 Å². The molecule has 2 aromatic rings. The highest BCUT2D eigenvalue weighted by Crippen LogP contribution is 2.13. The molecule has 0 aliphatic rings. The molecule has 0 fully saturated rings. The zero-order valence-electron chi connectivity index (χ0n) is 10.4. The van der Waals surface area contributed by atoms with Crippen LogP contribution in [-0.4, -0.2) is 27.7 Å². The Bertz CT molecular complexity index is 497. The monoisotopic (exact) mass is 250 g/mol. The third-order valence-electron chi connectivity index (χ3n) is 2.46. The SMILES string of the molecule is CCNC(C)Cc1nc(-c2ccc(F)cn2)no1. The first kappa shape index (κ1) is 12.6. The second-order valence-corrected chi connectivity index (χ2v) is 4.04. The van der Waals surface area contributed by atoms with Gasteiger partial charge in [0.25, 0.3) is 0 Å². The number of nitrogens with zero attached hydrogens (tertiary/aromatic N) is 3. The number of rotatable bonds is 5. The topological polar surface area (TPSA) is 63.8 Å². The van der Waals surface area contributed by atoms with Crippen LogP contribution in [0.2, 0.25) is 0 Å². The van der Waals surface area contributed by atoms with E-state index in [9.17, 15) is 4.39 Å². The fraction of sp³-hybridized carbons (Fsp3) is 0.417. The minimum Gasteiger partial charge on any atom is -0.339 e. The van der Waals surface area contributed by atoms with Gasteiger partial charge in [-0.05, 0) is 25.6 Å². The van der Waals surface area contributed by atoms with Crippen molar-refractivity contribution in [3.05, 3.63) is 30.0 Å². The number of hydrogen-bond donors (Lipinski definition) is 1. The van der Waals surface area contributed by atoms with Gasteiger partial charge in [-0.25, -0.2) is 9.37 Å². The summed E-state index contributed by atoms with van der Waals surface area (Å²) in [7, 11) is 0. The maximum Gasteiger partial charge on any atom is 0.228 e. The van der Waals surface area contributed by atoms with Crippen LogP contribution in [-0.2, 0) is 6.42 Å². The van der Waals surface area contributed by atoms with Crippen molar-refractivity contribution in [1.82, 2.24) is 20.4 Å². The van der Waals surface area contributed by atoms with Gasteiger partial charge in [0.05, 0.1) is 6.20 Å². The molecule has 96 valence electrons. The number of likely N-dealkylation sites (N-methyl/N-ethyl adjacent to an activating group) is 1. The van der Waals surface area contributed by atoms with E-state index in [4.69, 9.17) is 4.52 Å². The highest BCUT2D eigenvalue weighted by molar-refractivity contribution is 5.47. The molecule has 0 bridgehead atoms. The molecule has 1 unspecified atom stereocenters. The number of hydrogen-bond acceptors (Lipinski definition) is 5. The Morgan fingerprint density at radius 1 is 1.44 bits per heavy atom. The Morgan fingerprint density at radius 3 is 2.94 bits per heavy atom. The maximum absolute atomic E-state index is 12.7. The van der Waals surface area contributed by atoms with E-state index in [1.54, 1.807) is 0 Å². The molecule has 0 aliphatic heterocycles. The average Bonchev–Trinajstić information content (AvgIpc) is 2.78. The van der Waals surface area contributed by atoms with Crippen molar-refractivity contribution in [2.24, 2.45) is 0 Å². The molecule has 0 radical (unpaired) electrons. The van der Waals surface area contributed by atoms with E-state index >= 15 is 0 Å². The Labute approximate surface area is 104 Å². The summed E-state index contributed by atoms with van der Waals surface area (Å²) in [5.74, 6) is 0.543. The summed E-state index contributed by atoms with van der Waals surface area (Å²) >= 11 is 0. The number of nitrogens with one attached hydrogen (secondary N) is 1. The largest absolute Gasteiger partial charge is 0.339 e. The van der Waals surface area contributed by atoms with Gasteiger partial charge in [0.1, 0.15) is 11.5 Å². The number of halogens is 1. The lowest BCUT2D eigenvalue weighted by Crippen LogP contribution is -2.27. The van der Waals surface area contributed by atoms with Gasteiger partial charge < -0.3 is 9.84 Å². The minimum absolute atomic E-state index is 0.268. The van der Waals surface area contributed by atoms with Crippen LogP contribution in [0.5, 0.6) is 0 Å². The van der Waals surface area contributed by atoms with Crippen LogP contribution in [0.15, 0.2) is 22.9 Å². The summed E-state index contributed by atoms with van der Waals surface area (Å²) in [6.07, 6.45) is 1.79. The van der Waals surface area contributed by atoms with E-state index in [0.717, 1.165) is 12.7 Å². The molecule has 6 heteroatoms. The average molecular weight is 250 g/mol. The van der Waals surface area contributed by atoms with Crippen molar-refractivity contribution in [2.45, 2.75) is 26.3 Å². The van der Waals surface area contributed by atoms with E-state index in [0.29, 0.717) is 23.8 Å². The number of pyridine rings is 1. The molecule has 5 nitrogen and oxygen atoms in total. The van der Waals surface area contributed by atoms with Crippen LogP contribution in [0.25, 0.3) is 11.5 Å². The molecular formula is C12H15FN4O. The third kappa shape index (κ3) is 3.10. The first-order valence-electron chi connectivity index (χ1n) is 5.87. The fourth-order valence-electron chi connectivity index (χ4n) is 1.63. The molecule has 0 aromatic carbocycles. The Balaban J connectivity index is 2.08. The first-order chi connectivity index (χ1) is 8.69. The van der Waals surface area contributed by atoms with Crippen LogP contribution >= 0.6 is 0 Å². The molecule has 0 amide bonds. The van der Waals surface area contributed by atoms with Crippen LogP contribution in [0.4, 0.5) is 4.39 Å². The maximum atomic E-state index is 12.7. The smallest absolute Gasteiger partial charge is 0.228 e. The zero-order chi connectivity index (χ0) is 13.0. The van der Waals surface area contributed by atoms with Gasteiger partial charge in [-0.1, -0.05) is 12.1 Å². The van der Waals surface area contributed by atoms with Gasteiger partial charge in [-0.2, -0.15) is 4.98 Å². The van der Waals surface area contributed by atoms with Gasteiger partial charge in [0, 0.05) is 12.5 Å². The third-order valence-corrected chi connectivity index (χ3v) is 2.46. The van der Waals surface area contributed by atoms with E-state index < -0.39 is 0 Å². The fourth-order valence-corrected chi connectivity index (χ4v) is 1.63. The lowest BCUT2D eigenvalue weighted by molar-refractivity contribution is 0.363. The van der Waals surface area contributed by atoms with Crippen molar-refractivity contribution < 1.29 is 8.91 Å². The molecule has 18 heavy (non-hydrogen) atoms. The number of aromatic nitrogens is 3. The van der Waals surface area contributed by atoms with Crippen LogP contribution in [0.1, 0.15) is 19.7 Å². The lowest BCUT2D eigenvalue weighted by Gasteiger charge is -2.07. The lowest BCUT2D eigenvalue weighted by atomic mass is 10.2. The minimum atomic E-state index is -0.386. The summed E-state index contributed by atoms with van der Waals surface area (Å²) in [5, 5.41) is 7.09. The van der Waals surface area contributed by atoms with Gasteiger partial charge in [-0.3, -0.25) is 0 Å². The Hall–Kier alpha value is -1.82. The van der Waals surface area contributed by atoms with Gasteiger partial charge >= 0.3 is 0 Å². The standard InChI is InChI=1S/C12H15FN4O/c1-3-14-8(2)6-11-16-12(17-18-11)10-5-4-9(13)7-15-10/h4-5,7-8,14H,3,6H2,1-2H3. The van der Waals surface area contributed by atoms with Crippen LogP contribution < -0.4 is 5.32 Å². The van der Waals surface area contributed by atoms with Crippen molar-refractivity contribution in [2.75, 3.05) is 6.54 Å². The highest BCUT2D eigenvalue weighted by Gasteiger charge is 2.12. The van der Waals surface area contributed by atoms with Crippen molar-refractivity contribution in [3.63, 3.8) is 0 Å². The predicted molar refractivity (Wildman–Crippen MR) is 64.3 cm³/mol. The predicted octanol–water partition coefficient (Wildman–Crippen LogP) is 1.81. The van der Waals surface area contributed by atoms with Crippen molar-refractivity contribution in [3.8, 4) is 11.5 Å². The summed E-state index contributed by atoms with van der Waals surface area (Å²) in [5.41, 5.74) is 0.502. The molecule has 2 heterocycles. The molecule has 0 aliphatic carbocycles. The van der Waals surface area contributed by atoms with Crippen molar-refractivity contribution in [1.29, 1.82) is 0 Å². The second-order valence-electron chi connectivity index (χ2n) is 4.04. The van der Waals surface area contributed by atoms with E-state index in [-0.39, 0.29) is 11.9 Å². The molecule has 2 aromatic heterocycles. The van der Waals surface area contributed by atoms with Gasteiger partial charge in [0.15, 0.2) is 0 Å². The molecule has 1 atom stereocenters. The van der Waals surface area contributed by atoms with Crippen molar-refractivity contribution >= 4 is 0 Å². The van der Waals surface area contributed by atoms with Crippen LogP contribution in [0.3, 0.4) is 0 Å². The van der Waals surface area contributed by atoms with E-state index in [2.05, 4.69) is 20.4 Å². The van der Waals surface area contributed by atoms with Crippen LogP contribution in [0, 0.1) is 5.82 Å². The van der Waals surface area contributed by atoms with E-state index in [1.807, 2.05) is 13.8 Å². The molecular weight excluding hydrogens is 235 g/mol. The van der Waals surface area contributed by atoms with Gasteiger partial charge in [-0.15, -0.1) is 0 Å². The Kier molecular flexibility index (Phi) is 3.99. The summed E-state index contributed by atoms with van der Waals surface area (Å²) in [6, 6.07) is 3.11. The summed E-state index contributed by atoms with van der Waals surface area (Å²) in [4.78, 5) is 8.13.